The maximum Gasteiger partial charge on any atom is 0.264 e. The second kappa shape index (κ2) is 10.2. The highest BCUT2D eigenvalue weighted by Gasteiger charge is 2.29. The molecule has 8 heteroatoms. The quantitative estimate of drug-likeness (QED) is 0.526. The second-order valence-corrected chi connectivity index (χ2v) is 8.82. The fraction of sp³-hybridized carbons (Fsp3) is 0.208. The van der Waals surface area contributed by atoms with E-state index in [1.54, 1.807) is 48.5 Å². The number of amides is 1. The zero-order chi connectivity index (χ0) is 23.1. The summed E-state index contributed by atoms with van der Waals surface area (Å²) >= 11 is 0. The van der Waals surface area contributed by atoms with Gasteiger partial charge >= 0.3 is 0 Å². The first-order valence-electron chi connectivity index (χ1n) is 10.1. The van der Waals surface area contributed by atoms with Crippen molar-refractivity contribution in [2.45, 2.75) is 18.2 Å². The normalized spacial score (nSPS) is 11.0. The highest BCUT2D eigenvalue weighted by Crippen LogP contribution is 2.32. The Morgan fingerprint density at radius 1 is 0.906 bits per heavy atom. The summed E-state index contributed by atoms with van der Waals surface area (Å²) in [5.41, 5.74) is 2.00. The predicted molar refractivity (Wildman–Crippen MR) is 125 cm³/mol. The fourth-order valence-corrected chi connectivity index (χ4v) is 4.60. The van der Waals surface area contributed by atoms with Crippen molar-refractivity contribution < 1.29 is 22.7 Å². The van der Waals surface area contributed by atoms with E-state index >= 15 is 0 Å². The van der Waals surface area contributed by atoms with Crippen LogP contribution in [0.25, 0.3) is 0 Å². The molecule has 0 saturated heterocycles. The summed E-state index contributed by atoms with van der Waals surface area (Å²) in [7, 11) is -1.12. The summed E-state index contributed by atoms with van der Waals surface area (Å²) in [6.45, 7) is 1.62. The van der Waals surface area contributed by atoms with Crippen molar-refractivity contribution in [1.82, 2.24) is 0 Å². The van der Waals surface area contributed by atoms with Crippen LogP contribution in [-0.2, 0) is 21.2 Å². The van der Waals surface area contributed by atoms with Crippen molar-refractivity contribution in [3.63, 3.8) is 0 Å². The molecule has 1 N–H and O–H groups in total. The minimum Gasteiger partial charge on any atom is -0.497 e. The van der Waals surface area contributed by atoms with E-state index in [4.69, 9.17) is 9.47 Å². The molecule has 0 spiro atoms. The predicted octanol–water partition coefficient (Wildman–Crippen LogP) is 4.10. The van der Waals surface area contributed by atoms with E-state index in [0.717, 1.165) is 16.3 Å². The van der Waals surface area contributed by atoms with Crippen LogP contribution in [0.1, 0.15) is 12.5 Å². The Labute approximate surface area is 188 Å². The van der Waals surface area contributed by atoms with E-state index in [-0.39, 0.29) is 10.6 Å². The van der Waals surface area contributed by atoms with Gasteiger partial charge in [-0.15, -0.1) is 0 Å². The van der Waals surface area contributed by atoms with Crippen LogP contribution in [0.2, 0.25) is 0 Å². The lowest BCUT2D eigenvalue weighted by Crippen LogP contribution is -2.38. The van der Waals surface area contributed by atoms with Crippen LogP contribution in [0.5, 0.6) is 11.5 Å². The van der Waals surface area contributed by atoms with E-state index < -0.39 is 22.5 Å². The molecule has 0 aromatic heterocycles. The summed E-state index contributed by atoms with van der Waals surface area (Å²) in [5.74, 6) is 0.392. The molecule has 3 rings (SSSR count). The summed E-state index contributed by atoms with van der Waals surface area (Å²) in [6.07, 6.45) is 0.885. The highest BCUT2D eigenvalue weighted by atomic mass is 32.2. The van der Waals surface area contributed by atoms with Gasteiger partial charge in [-0.1, -0.05) is 31.2 Å². The van der Waals surface area contributed by atoms with Crippen molar-refractivity contribution >= 4 is 27.3 Å². The third kappa shape index (κ3) is 5.20. The Kier molecular flexibility index (Phi) is 7.37. The van der Waals surface area contributed by atoms with Crippen LogP contribution in [0.15, 0.2) is 77.7 Å². The Bertz CT molecular complexity index is 1160. The number of anilines is 2. The van der Waals surface area contributed by atoms with Crippen LogP contribution >= 0.6 is 0 Å². The molecule has 0 fully saturated rings. The van der Waals surface area contributed by atoms with Gasteiger partial charge in [-0.3, -0.25) is 9.10 Å². The molecule has 32 heavy (non-hydrogen) atoms. The van der Waals surface area contributed by atoms with Crippen LogP contribution < -0.4 is 19.1 Å². The van der Waals surface area contributed by atoms with Crippen molar-refractivity contribution in [2.24, 2.45) is 0 Å². The average molecular weight is 455 g/mol. The minimum absolute atomic E-state index is 0.0318. The Morgan fingerprint density at radius 3 is 2.16 bits per heavy atom. The number of benzene rings is 3. The number of para-hydroxylation sites is 2. The van der Waals surface area contributed by atoms with E-state index in [2.05, 4.69) is 5.32 Å². The molecule has 0 aliphatic rings. The molecule has 3 aromatic rings. The molecular weight excluding hydrogens is 428 g/mol. The zero-order valence-corrected chi connectivity index (χ0v) is 19.1. The Balaban J connectivity index is 1.95. The largest absolute Gasteiger partial charge is 0.497 e. The maximum atomic E-state index is 13.5. The van der Waals surface area contributed by atoms with Crippen molar-refractivity contribution in [3.8, 4) is 11.5 Å². The number of ether oxygens (including phenoxy) is 2. The minimum atomic E-state index is -4.07. The van der Waals surface area contributed by atoms with Gasteiger partial charge in [-0.05, 0) is 60.5 Å². The number of methoxy groups -OCH3 is 2. The summed E-state index contributed by atoms with van der Waals surface area (Å²) in [5, 5.41) is 2.77. The summed E-state index contributed by atoms with van der Waals surface area (Å²) in [6, 6.07) is 20.1. The summed E-state index contributed by atoms with van der Waals surface area (Å²) in [4.78, 5) is 12.9. The number of aryl methyl sites for hydroxylation is 1. The molecule has 168 valence electrons. The first-order chi connectivity index (χ1) is 15.4. The smallest absolute Gasteiger partial charge is 0.264 e. The number of nitrogens with one attached hydrogen (secondary N) is 1. The van der Waals surface area contributed by atoms with Crippen molar-refractivity contribution in [3.05, 3.63) is 78.4 Å². The highest BCUT2D eigenvalue weighted by molar-refractivity contribution is 7.92. The monoisotopic (exact) mass is 454 g/mol. The Morgan fingerprint density at radius 2 is 1.56 bits per heavy atom. The van der Waals surface area contributed by atoms with Gasteiger partial charge < -0.3 is 14.8 Å². The third-order valence-electron chi connectivity index (χ3n) is 4.93. The molecule has 0 aliphatic carbocycles. The molecule has 7 nitrogen and oxygen atoms in total. The number of nitrogens with zero attached hydrogens (tertiary/aromatic N) is 1. The molecule has 3 aromatic carbocycles. The summed E-state index contributed by atoms with van der Waals surface area (Å²) < 4.78 is 38.6. The lowest BCUT2D eigenvalue weighted by atomic mass is 10.1. The molecule has 0 unspecified atom stereocenters. The van der Waals surface area contributed by atoms with E-state index in [0.29, 0.717) is 17.2 Å². The number of carbonyl (C=O) groups is 1. The van der Waals surface area contributed by atoms with E-state index in [1.165, 1.54) is 26.4 Å². The van der Waals surface area contributed by atoms with Crippen molar-refractivity contribution in [2.75, 3.05) is 30.4 Å². The van der Waals surface area contributed by atoms with Gasteiger partial charge in [-0.2, -0.15) is 0 Å². The standard InChI is InChI=1S/C24H26N2O5S/c1-4-18-9-11-19(12-10-18)25-24(27)17-26(22-7-5-6-8-23(22)31-3)32(28,29)21-15-13-20(30-2)14-16-21/h5-16H,4,17H2,1-3H3,(H,25,27). The third-order valence-corrected chi connectivity index (χ3v) is 6.71. The first-order valence-corrected chi connectivity index (χ1v) is 11.5. The van der Waals surface area contributed by atoms with Gasteiger partial charge in [-0.25, -0.2) is 8.42 Å². The fourth-order valence-electron chi connectivity index (χ4n) is 3.17. The molecule has 0 atom stereocenters. The molecule has 0 aliphatic heterocycles. The van der Waals surface area contributed by atoms with E-state index in [9.17, 15) is 13.2 Å². The molecule has 0 saturated carbocycles. The van der Waals surface area contributed by atoms with Crippen LogP contribution in [0, 0.1) is 0 Å². The number of hydrogen-bond acceptors (Lipinski definition) is 5. The lowest BCUT2D eigenvalue weighted by molar-refractivity contribution is -0.114. The number of hydrogen-bond donors (Lipinski definition) is 1. The van der Waals surface area contributed by atoms with Gasteiger partial charge in [0.2, 0.25) is 5.91 Å². The Hall–Kier alpha value is -3.52. The lowest BCUT2D eigenvalue weighted by Gasteiger charge is -2.25. The van der Waals surface area contributed by atoms with Gasteiger partial charge in [0, 0.05) is 5.69 Å². The topological polar surface area (TPSA) is 84.9 Å². The maximum absolute atomic E-state index is 13.5. The van der Waals surface area contributed by atoms with Crippen molar-refractivity contribution in [1.29, 1.82) is 0 Å². The zero-order valence-electron chi connectivity index (χ0n) is 18.2. The first kappa shape index (κ1) is 23.1. The van der Waals surface area contributed by atoms with Crippen LogP contribution in [0.4, 0.5) is 11.4 Å². The molecular formula is C24H26N2O5S. The van der Waals surface area contributed by atoms with Crippen LogP contribution in [-0.4, -0.2) is 35.1 Å². The average Bonchev–Trinajstić information content (AvgIpc) is 2.83. The van der Waals surface area contributed by atoms with Gasteiger partial charge in [0.05, 0.1) is 24.8 Å². The molecule has 0 heterocycles. The number of rotatable bonds is 9. The van der Waals surface area contributed by atoms with Gasteiger partial charge in [0.25, 0.3) is 10.0 Å². The number of sulfonamides is 1. The second-order valence-electron chi connectivity index (χ2n) is 6.96. The van der Waals surface area contributed by atoms with Gasteiger partial charge in [0.15, 0.2) is 0 Å². The SMILES string of the molecule is CCc1ccc(NC(=O)CN(c2ccccc2OC)S(=O)(=O)c2ccc(OC)cc2)cc1. The van der Waals surface area contributed by atoms with Gasteiger partial charge in [0.1, 0.15) is 18.0 Å². The van der Waals surface area contributed by atoms with E-state index in [1.807, 2.05) is 19.1 Å². The molecule has 0 bridgehead atoms. The van der Waals surface area contributed by atoms with Crippen LogP contribution in [0.3, 0.4) is 0 Å². The molecule has 0 radical (unpaired) electrons. The molecule has 1 amide bonds. The number of carbonyl (C=O) groups excluding carboxylic acids is 1.